The summed E-state index contributed by atoms with van der Waals surface area (Å²) in [5, 5.41) is 10.6. The summed E-state index contributed by atoms with van der Waals surface area (Å²) in [5.74, 6) is -0.887. The number of nitro groups is 1. The molecule has 0 atom stereocenters. The Hall–Kier alpha value is -2.24. The van der Waals surface area contributed by atoms with E-state index >= 15 is 0 Å². The molecule has 0 aliphatic rings. The number of carbonyl (C=O) groups is 2. The molecule has 0 fully saturated rings. The van der Waals surface area contributed by atoms with Gasteiger partial charge in [-0.15, -0.1) is 0 Å². The minimum Gasteiger partial charge on any atom is -0.365 e. The fourth-order valence-corrected chi connectivity index (χ4v) is 1.19. The molecule has 1 rings (SSSR count). The summed E-state index contributed by atoms with van der Waals surface area (Å²) in [5.41, 5.74) is 4.99. The van der Waals surface area contributed by atoms with Gasteiger partial charge in [0, 0.05) is 11.6 Å². The van der Waals surface area contributed by atoms with Gasteiger partial charge in [0.2, 0.25) is 0 Å². The van der Waals surface area contributed by atoms with E-state index in [1.54, 1.807) is 6.92 Å². The molecule has 0 unspecified atom stereocenters. The van der Waals surface area contributed by atoms with Gasteiger partial charge in [-0.1, -0.05) is 0 Å². The van der Waals surface area contributed by atoms with Crippen LogP contribution in [0.25, 0.3) is 0 Å². The molecule has 0 bridgehead atoms. The van der Waals surface area contributed by atoms with Crippen LogP contribution in [-0.2, 0) is 0 Å². The zero-order valence-corrected chi connectivity index (χ0v) is 7.89. The van der Waals surface area contributed by atoms with Crippen LogP contribution in [0.5, 0.6) is 0 Å². The summed E-state index contributed by atoms with van der Waals surface area (Å²) < 4.78 is 0. The van der Waals surface area contributed by atoms with Gasteiger partial charge in [-0.05, 0) is 18.6 Å². The first-order chi connectivity index (χ1) is 6.97. The average Bonchev–Trinajstić information content (AvgIpc) is 2.16. The minimum atomic E-state index is -0.887. The smallest absolute Gasteiger partial charge is 0.282 e. The van der Waals surface area contributed by atoms with E-state index in [-0.39, 0.29) is 11.1 Å². The van der Waals surface area contributed by atoms with Gasteiger partial charge < -0.3 is 5.73 Å². The topological polar surface area (TPSA) is 103 Å². The SMILES string of the molecule is Cc1cc(C(N)=O)c([N+](=O)[O-])cc1C=O. The Kier molecular flexibility index (Phi) is 2.80. The average molecular weight is 208 g/mol. The molecule has 0 heterocycles. The van der Waals surface area contributed by atoms with E-state index in [1.165, 1.54) is 6.07 Å². The molecule has 0 spiro atoms. The van der Waals surface area contributed by atoms with Gasteiger partial charge in [-0.25, -0.2) is 0 Å². The van der Waals surface area contributed by atoms with Crippen LogP contribution >= 0.6 is 0 Å². The first kappa shape index (κ1) is 10.8. The molecule has 0 radical (unpaired) electrons. The number of benzene rings is 1. The van der Waals surface area contributed by atoms with E-state index < -0.39 is 16.5 Å². The number of carbonyl (C=O) groups excluding carboxylic acids is 2. The van der Waals surface area contributed by atoms with Gasteiger partial charge in [-0.2, -0.15) is 0 Å². The third-order valence-electron chi connectivity index (χ3n) is 1.97. The van der Waals surface area contributed by atoms with Crippen molar-refractivity contribution in [3.8, 4) is 0 Å². The summed E-state index contributed by atoms with van der Waals surface area (Å²) in [7, 11) is 0. The van der Waals surface area contributed by atoms with Crippen LogP contribution in [0.15, 0.2) is 12.1 Å². The third kappa shape index (κ3) is 1.98. The molecule has 0 aliphatic heterocycles. The Labute approximate surface area is 84.8 Å². The minimum absolute atomic E-state index is 0.173. The second-order valence-corrected chi connectivity index (χ2v) is 2.97. The Bertz CT molecular complexity index is 454. The molecule has 78 valence electrons. The van der Waals surface area contributed by atoms with Gasteiger partial charge in [-0.3, -0.25) is 19.7 Å². The van der Waals surface area contributed by atoms with Crippen LogP contribution in [0.4, 0.5) is 5.69 Å². The third-order valence-corrected chi connectivity index (χ3v) is 1.97. The number of nitrogens with two attached hydrogens (primary N) is 1. The largest absolute Gasteiger partial charge is 0.365 e. The van der Waals surface area contributed by atoms with E-state index in [0.717, 1.165) is 6.07 Å². The lowest BCUT2D eigenvalue weighted by Gasteiger charge is -2.02. The second kappa shape index (κ2) is 3.87. The first-order valence-corrected chi connectivity index (χ1v) is 4.01. The van der Waals surface area contributed by atoms with Crippen LogP contribution in [0, 0.1) is 17.0 Å². The number of primary amides is 1. The fraction of sp³-hybridized carbons (Fsp3) is 0.111. The quantitative estimate of drug-likeness (QED) is 0.451. The molecule has 0 saturated heterocycles. The van der Waals surface area contributed by atoms with Crippen molar-refractivity contribution < 1.29 is 14.5 Å². The summed E-state index contributed by atoms with van der Waals surface area (Å²) in [4.78, 5) is 31.3. The first-order valence-electron chi connectivity index (χ1n) is 4.01. The van der Waals surface area contributed by atoms with Crippen LogP contribution < -0.4 is 5.73 Å². The van der Waals surface area contributed by atoms with Crippen LogP contribution in [-0.4, -0.2) is 17.1 Å². The number of aldehydes is 1. The van der Waals surface area contributed by atoms with Crippen molar-refractivity contribution in [3.05, 3.63) is 38.9 Å². The highest BCUT2D eigenvalue weighted by molar-refractivity contribution is 5.98. The predicted molar refractivity (Wildman–Crippen MR) is 51.7 cm³/mol. The Balaban J connectivity index is 3.52. The van der Waals surface area contributed by atoms with E-state index in [9.17, 15) is 19.7 Å². The molecule has 15 heavy (non-hydrogen) atoms. The summed E-state index contributed by atoms with van der Waals surface area (Å²) >= 11 is 0. The Morgan fingerprint density at radius 2 is 2.13 bits per heavy atom. The fourth-order valence-electron chi connectivity index (χ4n) is 1.19. The van der Waals surface area contributed by atoms with Gasteiger partial charge in [0.05, 0.1) is 4.92 Å². The molecule has 0 aliphatic carbocycles. The highest BCUT2D eigenvalue weighted by Crippen LogP contribution is 2.22. The van der Waals surface area contributed by atoms with Crippen molar-refractivity contribution in [3.63, 3.8) is 0 Å². The Morgan fingerprint density at radius 3 is 2.53 bits per heavy atom. The van der Waals surface area contributed by atoms with E-state index in [2.05, 4.69) is 0 Å². The van der Waals surface area contributed by atoms with E-state index in [4.69, 9.17) is 5.73 Å². The molecule has 1 amide bonds. The Morgan fingerprint density at radius 1 is 1.53 bits per heavy atom. The molecule has 2 N–H and O–H groups in total. The number of hydrogen-bond acceptors (Lipinski definition) is 4. The number of amides is 1. The zero-order valence-electron chi connectivity index (χ0n) is 7.89. The summed E-state index contributed by atoms with van der Waals surface area (Å²) in [6.45, 7) is 1.57. The van der Waals surface area contributed by atoms with Crippen LogP contribution in [0.3, 0.4) is 0 Å². The van der Waals surface area contributed by atoms with Crippen molar-refractivity contribution in [1.29, 1.82) is 0 Å². The van der Waals surface area contributed by atoms with Crippen molar-refractivity contribution >= 4 is 17.9 Å². The maximum absolute atomic E-state index is 10.9. The van der Waals surface area contributed by atoms with Crippen molar-refractivity contribution in [2.45, 2.75) is 6.92 Å². The van der Waals surface area contributed by atoms with E-state index in [1.807, 2.05) is 0 Å². The van der Waals surface area contributed by atoms with Crippen LogP contribution in [0.1, 0.15) is 26.3 Å². The molecule has 6 heteroatoms. The maximum Gasteiger partial charge on any atom is 0.282 e. The highest BCUT2D eigenvalue weighted by atomic mass is 16.6. The second-order valence-electron chi connectivity index (χ2n) is 2.97. The monoisotopic (exact) mass is 208 g/mol. The predicted octanol–water partition coefficient (Wildman–Crippen LogP) is 0.815. The van der Waals surface area contributed by atoms with Crippen molar-refractivity contribution in [2.75, 3.05) is 0 Å². The van der Waals surface area contributed by atoms with Gasteiger partial charge in [0.25, 0.3) is 11.6 Å². The van der Waals surface area contributed by atoms with Gasteiger partial charge >= 0.3 is 0 Å². The van der Waals surface area contributed by atoms with E-state index in [0.29, 0.717) is 11.8 Å². The molecule has 1 aromatic carbocycles. The number of aryl methyl sites for hydroxylation is 1. The highest BCUT2D eigenvalue weighted by Gasteiger charge is 2.20. The normalized spacial score (nSPS) is 9.67. The lowest BCUT2D eigenvalue weighted by molar-refractivity contribution is -0.385. The van der Waals surface area contributed by atoms with Gasteiger partial charge in [0.1, 0.15) is 5.56 Å². The number of nitro benzene ring substituents is 1. The molecule has 6 nitrogen and oxygen atoms in total. The zero-order chi connectivity index (χ0) is 11.6. The lowest BCUT2D eigenvalue weighted by Crippen LogP contribution is -2.14. The number of hydrogen-bond donors (Lipinski definition) is 1. The molecular weight excluding hydrogens is 200 g/mol. The standard InChI is InChI=1S/C9H8N2O4/c1-5-2-7(9(10)13)8(11(14)15)3-6(5)4-12/h2-4H,1H3,(H2,10,13). The summed E-state index contributed by atoms with van der Waals surface area (Å²) in [6, 6.07) is 2.28. The molecule has 1 aromatic rings. The lowest BCUT2D eigenvalue weighted by atomic mass is 10.0. The molecule has 0 aromatic heterocycles. The van der Waals surface area contributed by atoms with Gasteiger partial charge in [0.15, 0.2) is 6.29 Å². The van der Waals surface area contributed by atoms with Crippen LogP contribution in [0.2, 0.25) is 0 Å². The van der Waals surface area contributed by atoms with Crippen molar-refractivity contribution in [1.82, 2.24) is 0 Å². The number of rotatable bonds is 3. The summed E-state index contributed by atoms with van der Waals surface area (Å²) in [6.07, 6.45) is 0.493. The molecule has 0 saturated carbocycles. The number of nitrogens with zero attached hydrogens (tertiary/aromatic N) is 1. The van der Waals surface area contributed by atoms with Crippen molar-refractivity contribution in [2.24, 2.45) is 5.73 Å². The molecular formula is C9H8N2O4. The maximum atomic E-state index is 10.9.